The van der Waals surface area contributed by atoms with Crippen molar-refractivity contribution in [2.45, 2.75) is 19.3 Å². The van der Waals surface area contributed by atoms with Crippen LogP contribution in [0.25, 0.3) is 0 Å². The molecular formula is C15H18ClN3O. The van der Waals surface area contributed by atoms with E-state index in [0.29, 0.717) is 11.6 Å². The lowest BCUT2D eigenvalue weighted by molar-refractivity contribution is 0.696. The van der Waals surface area contributed by atoms with E-state index < -0.39 is 0 Å². The molecule has 1 N–H and O–H groups in total. The van der Waals surface area contributed by atoms with Crippen molar-refractivity contribution in [3.8, 4) is 0 Å². The Labute approximate surface area is 123 Å². The number of benzene rings is 1. The summed E-state index contributed by atoms with van der Waals surface area (Å²) in [4.78, 5) is 11.6. The lowest BCUT2D eigenvalue weighted by Gasteiger charge is -2.13. The maximum absolute atomic E-state index is 11.6. The molecule has 1 atom stereocenters. The summed E-state index contributed by atoms with van der Waals surface area (Å²) in [7, 11) is 1.58. The second-order valence-corrected chi connectivity index (χ2v) is 5.21. The van der Waals surface area contributed by atoms with E-state index in [0.717, 1.165) is 13.0 Å². The molecule has 0 fully saturated rings. The molecule has 0 amide bonds. The highest BCUT2D eigenvalue weighted by Crippen LogP contribution is 2.20. The van der Waals surface area contributed by atoms with Gasteiger partial charge in [0, 0.05) is 13.6 Å². The number of anilines is 1. The van der Waals surface area contributed by atoms with E-state index >= 15 is 0 Å². The van der Waals surface area contributed by atoms with E-state index in [4.69, 9.17) is 11.6 Å². The first-order valence-corrected chi connectivity index (χ1v) is 6.98. The molecule has 0 aliphatic heterocycles. The van der Waals surface area contributed by atoms with Gasteiger partial charge in [0.15, 0.2) is 0 Å². The van der Waals surface area contributed by atoms with Gasteiger partial charge in [0.25, 0.3) is 5.56 Å². The second-order valence-electron chi connectivity index (χ2n) is 4.83. The molecule has 0 saturated carbocycles. The minimum atomic E-state index is -0.284. The van der Waals surface area contributed by atoms with Gasteiger partial charge in [-0.1, -0.05) is 48.9 Å². The Morgan fingerprint density at radius 1 is 1.35 bits per heavy atom. The number of halogens is 1. The lowest BCUT2D eigenvalue weighted by atomic mass is 9.98. The normalized spacial score (nSPS) is 12.2. The van der Waals surface area contributed by atoms with Gasteiger partial charge in [-0.25, -0.2) is 4.68 Å². The van der Waals surface area contributed by atoms with Crippen LogP contribution in [0, 0.1) is 0 Å². The van der Waals surface area contributed by atoms with Crippen molar-refractivity contribution >= 4 is 17.3 Å². The van der Waals surface area contributed by atoms with Gasteiger partial charge in [0.1, 0.15) is 5.02 Å². The van der Waals surface area contributed by atoms with Crippen LogP contribution in [-0.2, 0) is 7.05 Å². The number of hydrogen-bond acceptors (Lipinski definition) is 3. The molecule has 106 valence electrons. The van der Waals surface area contributed by atoms with Gasteiger partial charge >= 0.3 is 0 Å². The smallest absolute Gasteiger partial charge is 0.287 e. The van der Waals surface area contributed by atoms with Crippen LogP contribution >= 0.6 is 11.6 Å². The van der Waals surface area contributed by atoms with Crippen molar-refractivity contribution in [2.24, 2.45) is 7.05 Å². The third-order valence-electron chi connectivity index (χ3n) is 3.34. The van der Waals surface area contributed by atoms with Gasteiger partial charge in [-0.2, -0.15) is 5.10 Å². The van der Waals surface area contributed by atoms with Crippen molar-refractivity contribution in [3.05, 3.63) is 57.5 Å². The molecule has 2 rings (SSSR count). The molecule has 2 aromatic rings. The minimum Gasteiger partial charge on any atom is -0.382 e. The van der Waals surface area contributed by atoms with Gasteiger partial charge in [-0.3, -0.25) is 4.79 Å². The standard InChI is InChI=1S/C15H18ClN3O/c1-11(12-6-4-3-5-7-12)8-9-17-13-10-18-19(2)15(20)14(13)16/h3-7,10-11,17H,8-9H2,1-2H3. The number of aryl methyl sites for hydroxylation is 1. The molecule has 0 spiro atoms. The maximum atomic E-state index is 11.6. The summed E-state index contributed by atoms with van der Waals surface area (Å²) in [5.41, 5.74) is 1.62. The summed E-state index contributed by atoms with van der Waals surface area (Å²) in [6.07, 6.45) is 2.53. The summed E-state index contributed by atoms with van der Waals surface area (Å²) >= 11 is 5.99. The Hall–Kier alpha value is -1.81. The fourth-order valence-corrected chi connectivity index (χ4v) is 2.24. The fourth-order valence-electron chi connectivity index (χ4n) is 2.01. The van der Waals surface area contributed by atoms with Crippen LogP contribution in [0.2, 0.25) is 5.02 Å². The number of aromatic nitrogens is 2. The highest BCUT2D eigenvalue weighted by molar-refractivity contribution is 6.32. The van der Waals surface area contributed by atoms with E-state index in [2.05, 4.69) is 29.5 Å². The average molecular weight is 292 g/mol. The molecule has 1 heterocycles. The highest BCUT2D eigenvalue weighted by atomic mass is 35.5. The van der Waals surface area contributed by atoms with Gasteiger partial charge in [0.05, 0.1) is 11.9 Å². The molecule has 1 aromatic heterocycles. The summed E-state index contributed by atoms with van der Waals surface area (Å²) in [6.45, 7) is 2.92. The minimum absolute atomic E-state index is 0.190. The Morgan fingerprint density at radius 3 is 2.75 bits per heavy atom. The van der Waals surface area contributed by atoms with Crippen molar-refractivity contribution < 1.29 is 0 Å². The Morgan fingerprint density at radius 2 is 2.05 bits per heavy atom. The van der Waals surface area contributed by atoms with E-state index in [1.807, 2.05) is 18.2 Å². The van der Waals surface area contributed by atoms with Crippen LogP contribution in [0.4, 0.5) is 5.69 Å². The summed E-state index contributed by atoms with van der Waals surface area (Å²) < 4.78 is 1.22. The van der Waals surface area contributed by atoms with E-state index in [1.165, 1.54) is 10.2 Å². The molecular weight excluding hydrogens is 274 g/mol. The molecule has 5 heteroatoms. The molecule has 0 aliphatic rings. The highest BCUT2D eigenvalue weighted by Gasteiger charge is 2.08. The molecule has 0 bridgehead atoms. The van der Waals surface area contributed by atoms with Crippen LogP contribution in [0.3, 0.4) is 0 Å². The first-order chi connectivity index (χ1) is 9.59. The number of hydrogen-bond donors (Lipinski definition) is 1. The SMILES string of the molecule is CC(CCNc1cnn(C)c(=O)c1Cl)c1ccccc1. The third-order valence-corrected chi connectivity index (χ3v) is 3.70. The predicted molar refractivity (Wildman–Crippen MR) is 82.5 cm³/mol. The topological polar surface area (TPSA) is 46.9 Å². The van der Waals surface area contributed by atoms with Crippen LogP contribution in [0.1, 0.15) is 24.8 Å². The maximum Gasteiger partial charge on any atom is 0.287 e. The van der Waals surface area contributed by atoms with E-state index in [1.54, 1.807) is 13.2 Å². The van der Waals surface area contributed by atoms with Crippen molar-refractivity contribution in [2.75, 3.05) is 11.9 Å². The molecule has 1 unspecified atom stereocenters. The van der Waals surface area contributed by atoms with Crippen molar-refractivity contribution in [1.82, 2.24) is 9.78 Å². The van der Waals surface area contributed by atoms with Gasteiger partial charge < -0.3 is 5.32 Å². The Kier molecular flexibility index (Phi) is 4.79. The number of rotatable bonds is 5. The largest absolute Gasteiger partial charge is 0.382 e. The van der Waals surface area contributed by atoms with E-state index in [-0.39, 0.29) is 10.6 Å². The molecule has 20 heavy (non-hydrogen) atoms. The van der Waals surface area contributed by atoms with Crippen molar-refractivity contribution in [3.63, 3.8) is 0 Å². The molecule has 1 aromatic carbocycles. The summed E-state index contributed by atoms with van der Waals surface area (Å²) in [5.74, 6) is 0.446. The van der Waals surface area contributed by atoms with Crippen LogP contribution in [-0.4, -0.2) is 16.3 Å². The van der Waals surface area contributed by atoms with Crippen LogP contribution < -0.4 is 10.9 Å². The van der Waals surface area contributed by atoms with Crippen LogP contribution in [0.5, 0.6) is 0 Å². The first-order valence-electron chi connectivity index (χ1n) is 6.60. The molecule has 0 saturated heterocycles. The van der Waals surface area contributed by atoms with Gasteiger partial charge in [0.2, 0.25) is 0 Å². The van der Waals surface area contributed by atoms with Gasteiger partial charge in [-0.05, 0) is 17.9 Å². The van der Waals surface area contributed by atoms with Gasteiger partial charge in [-0.15, -0.1) is 0 Å². The first kappa shape index (κ1) is 14.6. The zero-order valence-corrected chi connectivity index (χ0v) is 12.4. The lowest BCUT2D eigenvalue weighted by Crippen LogP contribution is -2.21. The summed E-state index contributed by atoms with van der Waals surface area (Å²) in [6, 6.07) is 10.3. The average Bonchev–Trinajstić information content (AvgIpc) is 2.48. The Balaban J connectivity index is 1.94. The monoisotopic (exact) mass is 291 g/mol. The zero-order valence-electron chi connectivity index (χ0n) is 11.6. The molecule has 0 aliphatic carbocycles. The quantitative estimate of drug-likeness (QED) is 0.921. The second kappa shape index (κ2) is 6.57. The fraction of sp³-hybridized carbons (Fsp3) is 0.333. The van der Waals surface area contributed by atoms with Crippen LogP contribution in [0.15, 0.2) is 41.3 Å². The molecule has 4 nitrogen and oxygen atoms in total. The summed E-state index contributed by atoms with van der Waals surface area (Å²) in [5, 5.41) is 7.32. The number of nitrogens with one attached hydrogen (secondary N) is 1. The van der Waals surface area contributed by atoms with Crippen molar-refractivity contribution in [1.29, 1.82) is 0 Å². The number of nitrogens with zero attached hydrogens (tertiary/aromatic N) is 2. The third kappa shape index (κ3) is 3.39. The molecule has 0 radical (unpaired) electrons. The Bertz CT molecular complexity index is 625. The zero-order chi connectivity index (χ0) is 14.5. The predicted octanol–water partition coefficient (Wildman–Crippen LogP) is 3.04. The van der Waals surface area contributed by atoms with E-state index in [9.17, 15) is 4.79 Å².